The Morgan fingerprint density at radius 1 is 1.32 bits per heavy atom. The number of amides is 1. The highest BCUT2D eigenvalue weighted by Crippen LogP contribution is 2.35. The molecule has 3 heterocycles. The van der Waals surface area contributed by atoms with Crippen LogP contribution in [0, 0.1) is 6.92 Å². The van der Waals surface area contributed by atoms with E-state index in [1.54, 1.807) is 23.1 Å². The molecule has 3 aromatic heterocycles. The van der Waals surface area contributed by atoms with Gasteiger partial charge in [-0.15, -0.1) is 5.10 Å². The van der Waals surface area contributed by atoms with Gasteiger partial charge in [-0.25, -0.2) is 4.68 Å². The quantitative estimate of drug-likeness (QED) is 0.775. The van der Waals surface area contributed by atoms with E-state index in [1.165, 1.54) is 6.33 Å². The molecule has 130 valence electrons. The maximum atomic E-state index is 13.0. The standard InChI is InChI=1S/C16H18N6O3/c1-11-12(5-8-24-11)13-9-14(19-25-13)18-15(23)16(6-3-2-4-7-16)22-10-17-20-21-22/h5,8-10H,2-4,6-7H2,1H3,(H,18,19,23). The van der Waals surface area contributed by atoms with E-state index in [9.17, 15) is 4.79 Å². The van der Waals surface area contributed by atoms with Crippen LogP contribution in [0.15, 0.2) is 33.7 Å². The number of aryl methyl sites for hydroxylation is 1. The lowest BCUT2D eigenvalue weighted by atomic mass is 9.81. The largest absolute Gasteiger partial charge is 0.469 e. The second-order valence-electron chi connectivity index (χ2n) is 6.27. The lowest BCUT2D eigenvalue weighted by molar-refractivity contribution is -0.127. The summed E-state index contributed by atoms with van der Waals surface area (Å²) in [7, 11) is 0. The lowest BCUT2D eigenvalue weighted by Gasteiger charge is -2.34. The molecule has 0 atom stereocenters. The summed E-state index contributed by atoms with van der Waals surface area (Å²) in [5.41, 5.74) is 0.0210. The van der Waals surface area contributed by atoms with E-state index in [0.29, 0.717) is 24.4 Å². The van der Waals surface area contributed by atoms with Crippen molar-refractivity contribution in [3.8, 4) is 11.3 Å². The number of aromatic nitrogens is 5. The summed E-state index contributed by atoms with van der Waals surface area (Å²) in [6.07, 6.45) is 7.46. The van der Waals surface area contributed by atoms with Crippen molar-refractivity contribution in [2.45, 2.75) is 44.6 Å². The first kappa shape index (κ1) is 15.6. The van der Waals surface area contributed by atoms with Gasteiger partial charge in [0.1, 0.15) is 17.6 Å². The Hall–Kier alpha value is -2.97. The van der Waals surface area contributed by atoms with Gasteiger partial charge in [0.05, 0.1) is 11.8 Å². The normalized spacial score (nSPS) is 16.7. The number of hydrogen-bond donors (Lipinski definition) is 1. The minimum Gasteiger partial charge on any atom is -0.469 e. The zero-order valence-electron chi connectivity index (χ0n) is 13.8. The van der Waals surface area contributed by atoms with Crippen LogP contribution >= 0.6 is 0 Å². The fraction of sp³-hybridized carbons (Fsp3) is 0.438. The maximum absolute atomic E-state index is 13.0. The molecule has 0 saturated heterocycles. The number of furan rings is 1. The molecule has 9 nitrogen and oxygen atoms in total. The monoisotopic (exact) mass is 342 g/mol. The summed E-state index contributed by atoms with van der Waals surface area (Å²) in [4.78, 5) is 13.0. The number of hydrogen-bond acceptors (Lipinski definition) is 7. The lowest BCUT2D eigenvalue weighted by Crippen LogP contribution is -2.47. The summed E-state index contributed by atoms with van der Waals surface area (Å²) in [5.74, 6) is 1.45. The third-order valence-electron chi connectivity index (χ3n) is 4.77. The molecule has 0 bridgehead atoms. The summed E-state index contributed by atoms with van der Waals surface area (Å²) in [6.45, 7) is 1.84. The Balaban J connectivity index is 1.58. The van der Waals surface area contributed by atoms with Gasteiger partial charge in [-0.3, -0.25) is 4.79 Å². The number of nitrogens with zero attached hydrogens (tertiary/aromatic N) is 5. The number of carbonyl (C=O) groups is 1. The Kier molecular flexibility index (Phi) is 3.83. The Morgan fingerprint density at radius 3 is 2.84 bits per heavy atom. The minimum atomic E-state index is -0.785. The molecule has 1 amide bonds. The molecule has 3 aromatic rings. The number of carbonyl (C=O) groups excluding carboxylic acids is 1. The molecule has 0 radical (unpaired) electrons. The minimum absolute atomic E-state index is 0.178. The van der Waals surface area contributed by atoms with Gasteiger partial charge in [0.2, 0.25) is 0 Å². The third-order valence-corrected chi connectivity index (χ3v) is 4.77. The number of tetrazole rings is 1. The first-order valence-corrected chi connectivity index (χ1v) is 8.25. The van der Waals surface area contributed by atoms with Crippen LogP contribution in [0.2, 0.25) is 0 Å². The average Bonchev–Trinajstić information content (AvgIpc) is 3.36. The van der Waals surface area contributed by atoms with Crippen molar-refractivity contribution in [3.63, 3.8) is 0 Å². The van der Waals surface area contributed by atoms with Gasteiger partial charge in [0.15, 0.2) is 11.6 Å². The molecule has 1 fully saturated rings. The molecular weight excluding hydrogens is 324 g/mol. The van der Waals surface area contributed by atoms with Gasteiger partial charge < -0.3 is 14.3 Å². The molecular formula is C16H18N6O3. The average molecular weight is 342 g/mol. The van der Waals surface area contributed by atoms with Gasteiger partial charge >= 0.3 is 0 Å². The first-order chi connectivity index (χ1) is 12.2. The van der Waals surface area contributed by atoms with Crippen LogP contribution in [-0.2, 0) is 10.3 Å². The molecule has 0 aliphatic heterocycles. The second kappa shape index (κ2) is 6.15. The van der Waals surface area contributed by atoms with Gasteiger partial charge in [-0.1, -0.05) is 24.4 Å². The fourth-order valence-corrected chi connectivity index (χ4v) is 3.39. The van der Waals surface area contributed by atoms with Crippen molar-refractivity contribution in [1.29, 1.82) is 0 Å². The summed E-state index contributed by atoms with van der Waals surface area (Å²) >= 11 is 0. The van der Waals surface area contributed by atoms with E-state index in [2.05, 4.69) is 26.0 Å². The second-order valence-corrected chi connectivity index (χ2v) is 6.27. The molecule has 0 aromatic carbocycles. The smallest absolute Gasteiger partial charge is 0.253 e. The van der Waals surface area contributed by atoms with E-state index >= 15 is 0 Å². The highest BCUT2D eigenvalue weighted by molar-refractivity contribution is 5.96. The molecule has 1 N–H and O–H groups in total. The third kappa shape index (κ3) is 2.71. The van der Waals surface area contributed by atoms with Crippen molar-refractivity contribution in [1.82, 2.24) is 25.4 Å². The van der Waals surface area contributed by atoms with Crippen molar-refractivity contribution < 1.29 is 13.7 Å². The van der Waals surface area contributed by atoms with Crippen molar-refractivity contribution in [2.75, 3.05) is 5.32 Å². The van der Waals surface area contributed by atoms with Crippen LogP contribution in [0.3, 0.4) is 0 Å². The predicted octanol–water partition coefficient (Wildman–Crippen LogP) is 2.53. The van der Waals surface area contributed by atoms with E-state index in [0.717, 1.165) is 30.6 Å². The molecule has 1 aliphatic carbocycles. The van der Waals surface area contributed by atoms with E-state index < -0.39 is 5.54 Å². The van der Waals surface area contributed by atoms with Gasteiger partial charge in [0, 0.05) is 6.07 Å². The number of rotatable bonds is 4. The van der Waals surface area contributed by atoms with Crippen LogP contribution in [0.25, 0.3) is 11.3 Å². The SMILES string of the molecule is Cc1occc1-c1cc(NC(=O)C2(n3cnnn3)CCCCC2)no1. The van der Waals surface area contributed by atoms with Crippen LogP contribution in [0.1, 0.15) is 37.9 Å². The van der Waals surface area contributed by atoms with Crippen molar-refractivity contribution in [2.24, 2.45) is 0 Å². The summed E-state index contributed by atoms with van der Waals surface area (Å²) in [6, 6.07) is 3.48. The van der Waals surface area contributed by atoms with Crippen molar-refractivity contribution in [3.05, 3.63) is 30.5 Å². The number of nitrogens with one attached hydrogen (secondary N) is 1. The Labute approximate surface area is 143 Å². The first-order valence-electron chi connectivity index (χ1n) is 8.25. The van der Waals surface area contributed by atoms with Crippen LogP contribution in [0.5, 0.6) is 0 Å². The molecule has 25 heavy (non-hydrogen) atoms. The molecule has 9 heteroatoms. The van der Waals surface area contributed by atoms with Gasteiger partial charge in [-0.2, -0.15) is 0 Å². The van der Waals surface area contributed by atoms with Crippen LogP contribution in [0.4, 0.5) is 5.82 Å². The van der Waals surface area contributed by atoms with E-state index in [-0.39, 0.29) is 5.91 Å². The molecule has 4 rings (SSSR count). The number of anilines is 1. The topological polar surface area (TPSA) is 112 Å². The fourth-order valence-electron chi connectivity index (χ4n) is 3.39. The molecule has 0 spiro atoms. The van der Waals surface area contributed by atoms with Crippen molar-refractivity contribution >= 4 is 11.7 Å². The van der Waals surface area contributed by atoms with Gasteiger partial charge in [-0.05, 0) is 36.3 Å². The van der Waals surface area contributed by atoms with E-state index in [4.69, 9.17) is 8.94 Å². The Bertz CT molecular complexity index is 860. The highest BCUT2D eigenvalue weighted by atomic mass is 16.5. The summed E-state index contributed by atoms with van der Waals surface area (Å²) < 4.78 is 12.2. The zero-order valence-corrected chi connectivity index (χ0v) is 13.8. The van der Waals surface area contributed by atoms with Crippen LogP contribution in [-0.4, -0.2) is 31.3 Å². The van der Waals surface area contributed by atoms with Gasteiger partial charge in [0.25, 0.3) is 5.91 Å². The predicted molar refractivity (Wildman–Crippen MR) is 86.4 cm³/mol. The molecule has 0 unspecified atom stereocenters. The Morgan fingerprint density at radius 2 is 2.16 bits per heavy atom. The summed E-state index contributed by atoms with van der Waals surface area (Å²) in [5, 5.41) is 18.1. The zero-order chi connectivity index (χ0) is 17.3. The van der Waals surface area contributed by atoms with Crippen LogP contribution < -0.4 is 5.32 Å². The van der Waals surface area contributed by atoms with E-state index in [1.807, 2.05) is 6.92 Å². The molecule has 1 saturated carbocycles. The highest BCUT2D eigenvalue weighted by Gasteiger charge is 2.43. The maximum Gasteiger partial charge on any atom is 0.253 e. The molecule has 1 aliphatic rings.